The average molecular weight is 488 g/mol. The van der Waals surface area contributed by atoms with Crippen LogP contribution in [0.25, 0.3) is 0 Å². The molecule has 27 heavy (non-hydrogen) atoms. The van der Waals surface area contributed by atoms with Gasteiger partial charge in [-0.05, 0) is 50.4 Å². The summed E-state index contributed by atoms with van der Waals surface area (Å²) in [5.74, 6) is 1.52. The van der Waals surface area contributed by atoms with Crippen LogP contribution in [0.1, 0.15) is 31.2 Å². The van der Waals surface area contributed by atoms with E-state index in [0.29, 0.717) is 31.2 Å². The Morgan fingerprint density at radius 1 is 1.19 bits per heavy atom. The van der Waals surface area contributed by atoms with Gasteiger partial charge in [-0.1, -0.05) is 12.1 Å². The van der Waals surface area contributed by atoms with Gasteiger partial charge in [0, 0.05) is 38.9 Å². The second kappa shape index (κ2) is 11.1. The third kappa shape index (κ3) is 7.12. The molecule has 2 N–H and O–H groups in total. The van der Waals surface area contributed by atoms with Crippen molar-refractivity contribution in [3.8, 4) is 5.75 Å². The van der Waals surface area contributed by atoms with E-state index in [-0.39, 0.29) is 24.0 Å². The summed E-state index contributed by atoms with van der Waals surface area (Å²) in [5.41, 5.74) is 7.18. The van der Waals surface area contributed by atoms with Gasteiger partial charge >= 0.3 is 0 Å². The Morgan fingerprint density at radius 3 is 2.63 bits per heavy atom. The Kier molecular flexibility index (Phi) is 9.11. The second-order valence-electron chi connectivity index (χ2n) is 7.34. The van der Waals surface area contributed by atoms with E-state index >= 15 is 0 Å². The quantitative estimate of drug-likeness (QED) is 0.347. The summed E-state index contributed by atoms with van der Waals surface area (Å²) in [5, 5.41) is 0. The molecule has 0 aromatic heterocycles. The van der Waals surface area contributed by atoms with Crippen molar-refractivity contribution in [3.63, 3.8) is 0 Å². The van der Waals surface area contributed by atoms with Crippen molar-refractivity contribution >= 4 is 29.9 Å². The lowest BCUT2D eigenvalue weighted by molar-refractivity contribution is 0.0392. The number of halogens is 1. The van der Waals surface area contributed by atoms with E-state index in [9.17, 15) is 0 Å². The van der Waals surface area contributed by atoms with Gasteiger partial charge in [0.15, 0.2) is 5.96 Å². The number of benzene rings is 1. The maximum atomic E-state index is 6.06. The van der Waals surface area contributed by atoms with E-state index in [4.69, 9.17) is 15.2 Å². The van der Waals surface area contributed by atoms with E-state index in [0.717, 1.165) is 43.9 Å². The molecule has 1 saturated carbocycles. The number of hydrogen-bond donors (Lipinski definition) is 1. The normalized spacial score (nSPS) is 18.3. The van der Waals surface area contributed by atoms with Crippen LogP contribution in [0.4, 0.5) is 0 Å². The summed E-state index contributed by atoms with van der Waals surface area (Å²) < 4.78 is 11.4. The van der Waals surface area contributed by atoms with Crippen LogP contribution in [0.15, 0.2) is 29.3 Å². The molecular weight excluding hydrogens is 455 g/mol. The van der Waals surface area contributed by atoms with Crippen LogP contribution >= 0.6 is 24.0 Å². The molecule has 7 heteroatoms. The number of likely N-dealkylation sites (N-methyl/N-ethyl adjacent to an activating group) is 1. The minimum atomic E-state index is 0. The molecule has 3 rings (SSSR count). The topological polar surface area (TPSA) is 63.3 Å². The highest BCUT2D eigenvalue weighted by Crippen LogP contribution is 2.25. The number of guanidine groups is 1. The summed E-state index contributed by atoms with van der Waals surface area (Å²) >= 11 is 0. The zero-order valence-electron chi connectivity index (χ0n) is 16.5. The molecule has 1 aromatic rings. The number of rotatable bonds is 8. The Bertz CT molecular complexity index is 603. The molecule has 0 amide bonds. The minimum Gasteiger partial charge on any atom is -0.492 e. The molecule has 0 spiro atoms. The van der Waals surface area contributed by atoms with Gasteiger partial charge < -0.3 is 20.1 Å². The molecule has 0 unspecified atom stereocenters. The molecule has 1 aromatic carbocycles. The first-order chi connectivity index (χ1) is 12.6. The number of aliphatic imine (C=N–C) groups is 1. The molecule has 1 saturated heterocycles. The lowest BCUT2D eigenvalue weighted by Gasteiger charge is -2.31. The van der Waals surface area contributed by atoms with Gasteiger partial charge in [-0.15, -0.1) is 24.0 Å². The SMILES string of the molecule is CN(CCOc1cccc(CN=C(N)N(C)C2CC2)c1)C1CCOCC1.I. The number of nitrogens with zero attached hydrogens (tertiary/aromatic N) is 3. The number of nitrogens with two attached hydrogens (primary N) is 1. The van der Waals surface area contributed by atoms with E-state index < -0.39 is 0 Å². The molecule has 152 valence electrons. The fourth-order valence-corrected chi connectivity index (χ4v) is 3.28. The van der Waals surface area contributed by atoms with Gasteiger partial charge in [0.1, 0.15) is 12.4 Å². The Morgan fingerprint density at radius 2 is 1.93 bits per heavy atom. The average Bonchev–Trinajstić information content (AvgIpc) is 3.52. The molecule has 1 aliphatic heterocycles. The van der Waals surface area contributed by atoms with E-state index in [1.165, 1.54) is 12.8 Å². The highest BCUT2D eigenvalue weighted by molar-refractivity contribution is 14.0. The Hall–Kier alpha value is -1.06. The summed E-state index contributed by atoms with van der Waals surface area (Å²) in [7, 11) is 4.19. The summed E-state index contributed by atoms with van der Waals surface area (Å²) in [6.45, 7) is 3.94. The largest absolute Gasteiger partial charge is 0.492 e. The van der Waals surface area contributed by atoms with Crippen LogP contribution in [-0.4, -0.2) is 68.3 Å². The molecule has 6 nitrogen and oxygen atoms in total. The summed E-state index contributed by atoms with van der Waals surface area (Å²) in [4.78, 5) is 8.97. The fourth-order valence-electron chi connectivity index (χ4n) is 3.28. The van der Waals surface area contributed by atoms with Crippen molar-refractivity contribution in [1.29, 1.82) is 0 Å². The zero-order valence-corrected chi connectivity index (χ0v) is 18.8. The highest BCUT2D eigenvalue weighted by Gasteiger charge is 2.27. The summed E-state index contributed by atoms with van der Waals surface area (Å²) in [6, 6.07) is 9.34. The van der Waals surface area contributed by atoms with Crippen LogP contribution < -0.4 is 10.5 Å². The lowest BCUT2D eigenvalue weighted by Crippen LogP contribution is -2.38. The zero-order chi connectivity index (χ0) is 18.4. The fraction of sp³-hybridized carbons (Fsp3) is 0.650. The van der Waals surface area contributed by atoms with Crippen LogP contribution in [0, 0.1) is 0 Å². The maximum Gasteiger partial charge on any atom is 0.191 e. The lowest BCUT2D eigenvalue weighted by atomic mass is 10.1. The first kappa shape index (κ1) is 22.2. The second-order valence-corrected chi connectivity index (χ2v) is 7.34. The van der Waals surface area contributed by atoms with Crippen molar-refractivity contribution in [3.05, 3.63) is 29.8 Å². The molecule has 1 aliphatic carbocycles. The maximum absolute atomic E-state index is 6.06. The van der Waals surface area contributed by atoms with Gasteiger partial charge in [-0.3, -0.25) is 4.90 Å². The van der Waals surface area contributed by atoms with E-state index in [2.05, 4.69) is 34.0 Å². The third-order valence-corrected chi connectivity index (χ3v) is 5.30. The molecule has 0 radical (unpaired) electrons. The van der Waals surface area contributed by atoms with Gasteiger partial charge in [0.2, 0.25) is 0 Å². The monoisotopic (exact) mass is 488 g/mol. The first-order valence-electron chi connectivity index (χ1n) is 9.66. The van der Waals surface area contributed by atoms with Crippen molar-refractivity contribution < 1.29 is 9.47 Å². The summed E-state index contributed by atoms with van der Waals surface area (Å²) in [6.07, 6.45) is 4.66. The van der Waals surface area contributed by atoms with Crippen molar-refractivity contribution in [2.24, 2.45) is 10.7 Å². The predicted molar refractivity (Wildman–Crippen MR) is 120 cm³/mol. The molecule has 2 aliphatic rings. The van der Waals surface area contributed by atoms with Gasteiger partial charge in [0.05, 0.1) is 6.54 Å². The van der Waals surface area contributed by atoms with Crippen molar-refractivity contribution in [2.75, 3.05) is 40.5 Å². The van der Waals surface area contributed by atoms with Crippen molar-refractivity contribution in [1.82, 2.24) is 9.80 Å². The number of ether oxygens (including phenoxy) is 2. The van der Waals surface area contributed by atoms with Gasteiger partial charge in [0.25, 0.3) is 0 Å². The standard InChI is InChI=1S/C20H32N4O2.HI/c1-23(17-8-11-25-12-9-17)10-13-26-19-5-3-4-16(14-19)15-22-20(21)24(2)18-6-7-18;/h3-5,14,17-18H,6-13,15H2,1-2H3,(H2,21,22);1H. The molecule has 1 heterocycles. The van der Waals surface area contributed by atoms with Gasteiger partial charge in [-0.25, -0.2) is 4.99 Å². The van der Waals surface area contributed by atoms with E-state index in [1.807, 2.05) is 19.2 Å². The van der Waals surface area contributed by atoms with Crippen LogP contribution in [0.2, 0.25) is 0 Å². The molecule has 2 fully saturated rings. The van der Waals surface area contributed by atoms with E-state index in [1.54, 1.807) is 0 Å². The first-order valence-corrected chi connectivity index (χ1v) is 9.66. The smallest absolute Gasteiger partial charge is 0.191 e. The molecular formula is C20H33IN4O2. The van der Waals surface area contributed by atoms with Crippen LogP contribution in [0.3, 0.4) is 0 Å². The molecule has 0 bridgehead atoms. The van der Waals surface area contributed by atoms with Crippen LogP contribution in [-0.2, 0) is 11.3 Å². The molecule has 0 atom stereocenters. The Labute approximate surface area is 180 Å². The highest BCUT2D eigenvalue weighted by atomic mass is 127. The predicted octanol–water partition coefficient (Wildman–Crippen LogP) is 2.70. The third-order valence-electron chi connectivity index (χ3n) is 5.30. The van der Waals surface area contributed by atoms with Gasteiger partial charge in [-0.2, -0.15) is 0 Å². The van der Waals surface area contributed by atoms with Crippen molar-refractivity contribution in [2.45, 2.75) is 44.3 Å². The number of hydrogen-bond acceptors (Lipinski definition) is 4. The van der Waals surface area contributed by atoms with Crippen LogP contribution in [0.5, 0.6) is 5.75 Å². The Balaban J connectivity index is 0.00000261. The minimum absolute atomic E-state index is 0.